The summed E-state index contributed by atoms with van der Waals surface area (Å²) in [6.45, 7) is 3.19. The number of aliphatic hydroxyl groups excluding tert-OH is 1. The first-order valence-electron chi connectivity index (χ1n) is 7.23. The van der Waals surface area contributed by atoms with Gasteiger partial charge >= 0.3 is 0 Å². The number of aliphatic hydroxyl groups is 1. The molecule has 0 saturated carbocycles. The molecule has 3 N–H and O–H groups in total. The Morgan fingerprint density at radius 2 is 2.20 bits per heavy atom. The van der Waals surface area contributed by atoms with Crippen LogP contribution < -0.4 is 10.6 Å². The number of piperidine rings is 1. The maximum Gasteiger partial charge on any atom is 0.0635 e. The lowest BCUT2D eigenvalue weighted by molar-refractivity contribution is 0.240. The van der Waals surface area contributed by atoms with Gasteiger partial charge in [0, 0.05) is 40.6 Å². The second-order valence-corrected chi connectivity index (χ2v) is 5.57. The van der Waals surface area contributed by atoms with Crippen molar-refractivity contribution in [2.45, 2.75) is 32.2 Å². The lowest BCUT2D eigenvalue weighted by atomic mass is 9.99. The lowest BCUT2D eigenvalue weighted by Crippen LogP contribution is -2.42. The van der Waals surface area contributed by atoms with E-state index >= 15 is 0 Å². The minimum Gasteiger partial charge on any atom is -0.398 e. The maximum absolute atomic E-state index is 9.63. The summed E-state index contributed by atoms with van der Waals surface area (Å²) < 4.78 is 0. The van der Waals surface area contributed by atoms with Crippen molar-refractivity contribution in [1.29, 1.82) is 0 Å². The van der Waals surface area contributed by atoms with E-state index in [-0.39, 0.29) is 12.6 Å². The number of hydrogen-bond donors (Lipinski definition) is 2. The number of aryl methyl sites for hydroxylation is 1. The van der Waals surface area contributed by atoms with Crippen LogP contribution >= 0.6 is 0 Å². The molecule has 4 heteroatoms. The molecule has 0 radical (unpaired) electrons. The third-order valence-corrected chi connectivity index (χ3v) is 4.20. The molecule has 0 amide bonds. The highest BCUT2D eigenvalue weighted by Crippen LogP contribution is 2.34. The molecule has 1 saturated heterocycles. The molecular weight excluding hydrogens is 250 g/mol. The van der Waals surface area contributed by atoms with Crippen LogP contribution in [0.4, 0.5) is 11.4 Å². The van der Waals surface area contributed by atoms with Crippen LogP contribution in [-0.2, 0) is 0 Å². The number of nitrogens with zero attached hydrogens (tertiary/aromatic N) is 2. The molecule has 0 bridgehead atoms. The summed E-state index contributed by atoms with van der Waals surface area (Å²) in [6, 6.07) is 6.32. The minimum atomic E-state index is 0.204. The molecule has 20 heavy (non-hydrogen) atoms. The van der Waals surface area contributed by atoms with E-state index in [9.17, 15) is 5.11 Å². The number of pyridine rings is 1. The van der Waals surface area contributed by atoms with Crippen LogP contribution in [0.5, 0.6) is 0 Å². The first kappa shape index (κ1) is 13.2. The van der Waals surface area contributed by atoms with Crippen LogP contribution in [0.1, 0.15) is 25.0 Å². The quantitative estimate of drug-likeness (QED) is 0.824. The largest absolute Gasteiger partial charge is 0.398 e. The van der Waals surface area contributed by atoms with Gasteiger partial charge in [0.05, 0.1) is 12.6 Å². The van der Waals surface area contributed by atoms with Crippen molar-refractivity contribution in [2.24, 2.45) is 0 Å². The lowest BCUT2D eigenvalue weighted by Gasteiger charge is -2.37. The van der Waals surface area contributed by atoms with Crippen molar-refractivity contribution in [3.63, 3.8) is 0 Å². The first-order valence-corrected chi connectivity index (χ1v) is 7.23. The summed E-state index contributed by atoms with van der Waals surface area (Å²) in [5.41, 5.74) is 8.98. The molecule has 1 atom stereocenters. The molecule has 0 aliphatic carbocycles. The summed E-state index contributed by atoms with van der Waals surface area (Å²) in [6.07, 6.45) is 5.26. The Morgan fingerprint density at radius 3 is 3.00 bits per heavy atom. The standard InChI is InChI=1S/C16H21N3O/c1-11-8-13-14(9-18-11)15(17)5-6-16(13)19-7-3-2-4-12(19)10-20/h5-6,8-9,12,20H,2-4,7,10,17H2,1H3. The highest BCUT2D eigenvalue weighted by molar-refractivity contribution is 6.01. The monoisotopic (exact) mass is 271 g/mol. The van der Waals surface area contributed by atoms with E-state index in [0.29, 0.717) is 0 Å². The second kappa shape index (κ2) is 5.29. The molecular formula is C16H21N3O. The average Bonchev–Trinajstić information content (AvgIpc) is 2.47. The van der Waals surface area contributed by atoms with Crippen molar-refractivity contribution >= 4 is 22.1 Å². The molecule has 1 aromatic carbocycles. The molecule has 1 aromatic heterocycles. The normalized spacial score (nSPS) is 19.5. The second-order valence-electron chi connectivity index (χ2n) is 5.57. The molecule has 2 heterocycles. The number of aromatic nitrogens is 1. The van der Waals surface area contributed by atoms with Gasteiger partial charge in [-0.2, -0.15) is 0 Å². The number of benzene rings is 1. The van der Waals surface area contributed by atoms with Gasteiger partial charge in [-0.25, -0.2) is 0 Å². The van der Waals surface area contributed by atoms with E-state index < -0.39 is 0 Å². The van der Waals surface area contributed by atoms with E-state index in [1.54, 1.807) is 0 Å². The van der Waals surface area contributed by atoms with Crippen LogP contribution in [-0.4, -0.2) is 29.3 Å². The van der Waals surface area contributed by atoms with Gasteiger partial charge in [0.15, 0.2) is 0 Å². The van der Waals surface area contributed by atoms with E-state index in [1.807, 2.05) is 19.2 Å². The van der Waals surface area contributed by atoms with Crippen LogP contribution in [0.15, 0.2) is 24.4 Å². The Hall–Kier alpha value is -1.81. The van der Waals surface area contributed by atoms with Gasteiger partial charge in [0.25, 0.3) is 0 Å². The number of anilines is 2. The number of rotatable bonds is 2. The van der Waals surface area contributed by atoms with Gasteiger partial charge in [-0.1, -0.05) is 0 Å². The molecule has 3 rings (SSSR count). The highest BCUT2D eigenvalue weighted by atomic mass is 16.3. The zero-order valence-electron chi connectivity index (χ0n) is 11.8. The van der Waals surface area contributed by atoms with E-state index in [0.717, 1.165) is 35.1 Å². The van der Waals surface area contributed by atoms with Crippen LogP contribution in [0, 0.1) is 6.92 Å². The number of nitrogen functional groups attached to an aromatic ring is 1. The van der Waals surface area contributed by atoms with Gasteiger partial charge in [-0.15, -0.1) is 0 Å². The van der Waals surface area contributed by atoms with Crippen molar-refractivity contribution in [1.82, 2.24) is 4.98 Å². The van der Waals surface area contributed by atoms with Gasteiger partial charge < -0.3 is 15.7 Å². The van der Waals surface area contributed by atoms with Gasteiger partial charge in [-0.05, 0) is 44.4 Å². The first-order chi connectivity index (χ1) is 9.70. The van der Waals surface area contributed by atoms with E-state index in [4.69, 9.17) is 5.73 Å². The smallest absolute Gasteiger partial charge is 0.0635 e. The predicted molar refractivity (Wildman–Crippen MR) is 83.0 cm³/mol. The Labute approximate surface area is 119 Å². The Balaban J connectivity index is 2.15. The van der Waals surface area contributed by atoms with Gasteiger partial charge in [0.2, 0.25) is 0 Å². The highest BCUT2D eigenvalue weighted by Gasteiger charge is 2.23. The van der Waals surface area contributed by atoms with Crippen LogP contribution in [0.25, 0.3) is 10.8 Å². The third kappa shape index (κ3) is 2.20. The summed E-state index contributed by atoms with van der Waals surface area (Å²) in [4.78, 5) is 6.67. The zero-order valence-corrected chi connectivity index (χ0v) is 11.8. The molecule has 1 aliphatic rings. The minimum absolute atomic E-state index is 0.204. The fourth-order valence-electron chi connectivity index (χ4n) is 3.11. The van der Waals surface area contributed by atoms with Crippen LogP contribution in [0.2, 0.25) is 0 Å². The number of hydrogen-bond acceptors (Lipinski definition) is 4. The van der Waals surface area contributed by atoms with Crippen LogP contribution in [0.3, 0.4) is 0 Å². The van der Waals surface area contributed by atoms with E-state index in [2.05, 4.69) is 22.0 Å². The Kier molecular flexibility index (Phi) is 3.49. The third-order valence-electron chi connectivity index (χ3n) is 4.20. The van der Waals surface area contributed by atoms with Gasteiger partial charge in [-0.3, -0.25) is 4.98 Å². The zero-order chi connectivity index (χ0) is 14.1. The Morgan fingerprint density at radius 1 is 1.35 bits per heavy atom. The predicted octanol–water partition coefficient (Wildman–Crippen LogP) is 2.48. The van der Waals surface area contributed by atoms with E-state index in [1.165, 1.54) is 18.5 Å². The topological polar surface area (TPSA) is 62.4 Å². The van der Waals surface area contributed by atoms with Crippen molar-refractivity contribution in [3.8, 4) is 0 Å². The van der Waals surface area contributed by atoms with Gasteiger partial charge in [0.1, 0.15) is 0 Å². The number of nitrogens with two attached hydrogens (primary N) is 1. The van der Waals surface area contributed by atoms with Crippen molar-refractivity contribution in [2.75, 3.05) is 23.8 Å². The maximum atomic E-state index is 9.63. The molecule has 1 fully saturated rings. The molecule has 4 nitrogen and oxygen atoms in total. The fourth-order valence-corrected chi connectivity index (χ4v) is 3.11. The average molecular weight is 271 g/mol. The van der Waals surface area contributed by atoms with Crippen molar-refractivity contribution < 1.29 is 5.11 Å². The summed E-state index contributed by atoms with van der Waals surface area (Å²) in [5, 5.41) is 11.8. The fraction of sp³-hybridized carbons (Fsp3) is 0.438. The molecule has 1 unspecified atom stereocenters. The SMILES string of the molecule is Cc1cc2c(N3CCCCC3CO)ccc(N)c2cn1. The molecule has 106 valence electrons. The summed E-state index contributed by atoms with van der Waals surface area (Å²) in [5.74, 6) is 0. The van der Waals surface area contributed by atoms with Crippen molar-refractivity contribution in [3.05, 3.63) is 30.1 Å². The molecule has 1 aliphatic heterocycles. The summed E-state index contributed by atoms with van der Waals surface area (Å²) in [7, 11) is 0. The summed E-state index contributed by atoms with van der Waals surface area (Å²) >= 11 is 0. The Bertz CT molecular complexity index is 626. The number of fused-ring (bicyclic) bond motifs is 1. The molecule has 0 spiro atoms. The molecule has 2 aromatic rings.